The zero-order chi connectivity index (χ0) is 12.9. The molecule has 0 radical (unpaired) electrons. The van der Waals surface area contributed by atoms with Crippen LogP contribution in [0, 0.1) is 5.41 Å². The zero-order valence-corrected chi connectivity index (χ0v) is 11.0. The summed E-state index contributed by atoms with van der Waals surface area (Å²) in [7, 11) is -3.45. The lowest BCUT2D eigenvalue weighted by molar-refractivity contribution is 0.327. The molecule has 0 bridgehead atoms. The van der Waals surface area contributed by atoms with Crippen molar-refractivity contribution < 1.29 is 8.42 Å². The molecule has 0 aliphatic carbocycles. The Balaban J connectivity index is 2.56. The van der Waals surface area contributed by atoms with Crippen molar-refractivity contribution in [3.8, 4) is 0 Å². The molecule has 7 heteroatoms. The second-order valence-electron chi connectivity index (χ2n) is 4.81. The molecule has 0 spiro atoms. The second kappa shape index (κ2) is 5.61. The molecule has 0 unspecified atom stereocenters. The van der Waals surface area contributed by atoms with Gasteiger partial charge in [-0.3, -0.25) is 5.10 Å². The number of hydrogen-bond acceptors (Lipinski definition) is 4. The molecule has 4 N–H and O–H groups in total. The maximum Gasteiger partial charge on any atom is 0.243 e. The highest BCUT2D eigenvalue weighted by molar-refractivity contribution is 7.89. The quantitative estimate of drug-likeness (QED) is 0.662. The van der Waals surface area contributed by atoms with E-state index in [2.05, 4.69) is 14.9 Å². The average molecular weight is 260 g/mol. The monoisotopic (exact) mass is 260 g/mol. The molecule has 0 saturated heterocycles. The highest BCUT2D eigenvalue weighted by atomic mass is 32.2. The minimum absolute atomic E-state index is 0.101. The first-order valence-corrected chi connectivity index (χ1v) is 7.04. The van der Waals surface area contributed by atoms with Crippen molar-refractivity contribution in [3.05, 3.63) is 12.4 Å². The highest BCUT2D eigenvalue weighted by Crippen LogP contribution is 2.21. The largest absolute Gasteiger partial charge is 0.330 e. The van der Waals surface area contributed by atoms with Crippen molar-refractivity contribution >= 4 is 10.0 Å². The van der Waals surface area contributed by atoms with E-state index >= 15 is 0 Å². The molecule has 0 aliphatic rings. The number of nitrogens with one attached hydrogen (secondary N) is 2. The molecule has 17 heavy (non-hydrogen) atoms. The van der Waals surface area contributed by atoms with E-state index in [1.165, 1.54) is 12.4 Å². The highest BCUT2D eigenvalue weighted by Gasteiger charge is 2.22. The Labute approximate surface area is 102 Å². The number of aromatic amines is 1. The lowest BCUT2D eigenvalue weighted by Crippen LogP contribution is -2.34. The standard InChI is InChI=1S/C10H20N4O2S/c1-10(2,4-3-5-11)8-14-17(15,16)9-6-12-13-7-9/h6-7,14H,3-5,8,11H2,1-2H3,(H,12,13). The molecule has 98 valence electrons. The van der Waals surface area contributed by atoms with Crippen LogP contribution in [0.2, 0.25) is 0 Å². The van der Waals surface area contributed by atoms with Gasteiger partial charge >= 0.3 is 0 Å². The van der Waals surface area contributed by atoms with E-state index in [1.54, 1.807) is 0 Å². The lowest BCUT2D eigenvalue weighted by atomic mass is 9.88. The predicted octanol–water partition coefficient (Wildman–Crippen LogP) is 0.453. The van der Waals surface area contributed by atoms with Gasteiger partial charge in [-0.25, -0.2) is 13.1 Å². The maximum atomic E-state index is 11.8. The van der Waals surface area contributed by atoms with Crippen LogP contribution in [-0.2, 0) is 10.0 Å². The maximum absolute atomic E-state index is 11.8. The number of nitrogens with zero attached hydrogens (tertiary/aromatic N) is 1. The Morgan fingerprint density at radius 3 is 2.76 bits per heavy atom. The summed E-state index contributed by atoms with van der Waals surface area (Å²) in [5, 5.41) is 6.10. The summed E-state index contributed by atoms with van der Waals surface area (Å²) in [6.07, 6.45) is 4.42. The minimum Gasteiger partial charge on any atom is -0.330 e. The first-order chi connectivity index (χ1) is 7.87. The number of hydrogen-bond donors (Lipinski definition) is 3. The lowest BCUT2D eigenvalue weighted by Gasteiger charge is -2.24. The van der Waals surface area contributed by atoms with Gasteiger partial charge in [0.15, 0.2) is 0 Å². The molecule has 1 aromatic rings. The van der Waals surface area contributed by atoms with Gasteiger partial charge in [0.25, 0.3) is 0 Å². The Kier molecular flexibility index (Phi) is 4.67. The van der Waals surface area contributed by atoms with E-state index in [0.717, 1.165) is 12.8 Å². The van der Waals surface area contributed by atoms with Crippen molar-refractivity contribution in [2.24, 2.45) is 11.1 Å². The summed E-state index contributed by atoms with van der Waals surface area (Å²) >= 11 is 0. The third kappa shape index (κ3) is 4.45. The van der Waals surface area contributed by atoms with Crippen LogP contribution in [-0.4, -0.2) is 31.7 Å². The van der Waals surface area contributed by atoms with Crippen molar-refractivity contribution in [1.29, 1.82) is 0 Å². The van der Waals surface area contributed by atoms with Crippen LogP contribution in [0.25, 0.3) is 0 Å². The molecule has 0 aliphatic heterocycles. The van der Waals surface area contributed by atoms with Crippen LogP contribution in [0.3, 0.4) is 0 Å². The first kappa shape index (κ1) is 14.1. The van der Waals surface area contributed by atoms with E-state index in [1.807, 2.05) is 13.8 Å². The van der Waals surface area contributed by atoms with E-state index in [9.17, 15) is 8.42 Å². The number of nitrogens with two attached hydrogens (primary N) is 1. The summed E-state index contributed by atoms with van der Waals surface area (Å²) in [4.78, 5) is 0.159. The van der Waals surface area contributed by atoms with Gasteiger partial charge in [0.2, 0.25) is 10.0 Å². The van der Waals surface area contributed by atoms with Gasteiger partial charge in [-0.2, -0.15) is 5.10 Å². The Bertz CT molecular complexity index is 425. The minimum atomic E-state index is -3.45. The molecule has 0 atom stereocenters. The second-order valence-corrected chi connectivity index (χ2v) is 6.58. The fourth-order valence-corrected chi connectivity index (χ4v) is 2.58. The Morgan fingerprint density at radius 2 is 2.24 bits per heavy atom. The predicted molar refractivity (Wildman–Crippen MR) is 65.8 cm³/mol. The Hall–Kier alpha value is -0.920. The van der Waals surface area contributed by atoms with Crippen molar-refractivity contribution in [3.63, 3.8) is 0 Å². The fourth-order valence-electron chi connectivity index (χ4n) is 1.43. The number of sulfonamides is 1. The van der Waals surface area contributed by atoms with Crippen LogP contribution in [0.5, 0.6) is 0 Å². The molecule has 0 amide bonds. The van der Waals surface area contributed by atoms with Gasteiger partial charge in [-0.05, 0) is 24.8 Å². The SMILES string of the molecule is CC(C)(CCCN)CNS(=O)(=O)c1cn[nH]c1. The van der Waals surface area contributed by atoms with Crippen LogP contribution in [0.1, 0.15) is 26.7 Å². The van der Waals surface area contributed by atoms with E-state index in [4.69, 9.17) is 5.73 Å². The summed E-state index contributed by atoms with van der Waals surface area (Å²) in [5.41, 5.74) is 5.34. The summed E-state index contributed by atoms with van der Waals surface area (Å²) in [6, 6.07) is 0. The molecule has 1 heterocycles. The number of rotatable bonds is 7. The smallest absolute Gasteiger partial charge is 0.243 e. The van der Waals surface area contributed by atoms with Crippen LogP contribution < -0.4 is 10.5 Å². The topological polar surface area (TPSA) is 101 Å². The molecule has 6 nitrogen and oxygen atoms in total. The Morgan fingerprint density at radius 1 is 1.53 bits per heavy atom. The van der Waals surface area contributed by atoms with Crippen LogP contribution in [0.15, 0.2) is 17.3 Å². The summed E-state index contributed by atoms with van der Waals surface area (Å²) in [6.45, 7) is 5.04. The third-order valence-electron chi connectivity index (χ3n) is 2.58. The summed E-state index contributed by atoms with van der Waals surface area (Å²) < 4.78 is 26.2. The zero-order valence-electron chi connectivity index (χ0n) is 10.2. The van der Waals surface area contributed by atoms with E-state index < -0.39 is 10.0 Å². The van der Waals surface area contributed by atoms with Crippen molar-refractivity contribution in [2.45, 2.75) is 31.6 Å². The molecule has 1 rings (SSSR count). The van der Waals surface area contributed by atoms with Crippen molar-refractivity contribution in [1.82, 2.24) is 14.9 Å². The van der Waals surface area contributed by atoms with Gasteiger partial charge in [-0.15, -0.1) is 0 Å². The first-order valence-electron chi connectivity index (χ1n) is 5.56. The molecular weight excluding hydrogens is 240 g/mol. The average Bonchev–Trinajstić information content (AvgIpc) is 2.78. The molecule has 0 aromatic carbocycles. The molecule has 0 saturated carbocycles. The number of aromatic nitrogens is 2. The van der Waals surface area contributed by atoms with Gasteiger partial charge in [0.1, 0.15) is 4.90 Å². The number of H-pyrrole nitrogens is 1. The fraction of sp³-hybridized carbons (Fsp3) is 0.700. The molecule has 0 fully saturated rings. The van der Waals surface area contributed by atoms with Gasteiger partial charge in [0, 0.05) is 12.7 Å². The molecule has 1 aromatic heterocycles. The molecular formula is C10H20N4O2S. The van der Waals surface area contributed by atoms with E-state index in [0.29, 0.717) is 13.1 Å². The normalized spacial score (nSPS) is 12.9. The van der Waals surface area contributed by atoms with Gasteiger partial charge < -0.3 is 5.73 Å². The van der Waals surface area contributed by atoms with Gasteiger partial charge in [0.05, 0.1) is 6.20 Å². The third-order valence-corrected chi connectivity index (χ3v) is 3.95. The summed E-state index contributed by atoms with van der Waals surface area (Å²) in [5.74, 6) is 0. The van der Waals surface area contributed by atoms with Crippen molar-refractivity contribution in [2.75, 3.05) is 13.1 Å². The van der Waals surface area contributed by atoms with E-state index in [-0.39, 0.29) is 10.3 Å². The van der Waals surface area contributed by atoms with Crippen LogP contribution >= 0.6 is 0 Å². The van der Waals surface area contributed by atoms with Gasteiger partial charge in [-0.1, -0.05) is 13.8 Å². The van der Waals surface area contributed by atoms with Crippen LogP contribution in [0.4, 0.5) is 0 Å².